The summed E-state index contributed by atoms with van der Waals surface area (Å²) in [7, 11) is 1.32. The maximum atomic E-state index is 13.1. The standard InChI is InChI=1S/C31H27F3N2O6/c1-30(2)15-19-11-10-18(29(37)38-3)14-24(19)40-23-12-13-25(35-28(23)30)39-16-21-26(36-42-27(21)17-8-9-17)20-6-4-5-7-22(20)41-31(32,33)34/h4-7,10-14,17H,8-9,15-16H2,1-3H3. The largest absolute Gasteiger partial charge is 0.573 e. The van der Waals surface area contributed by atoms with E-state index in [-0.39, 0.29) is 29.5 Å². The van der Waals surface area contributed by atoms with Gasteiger partial charge in [-0.3, -0.25) is 0 Å². The van der Waals surface area contributed by atoms with Crippen molar-refractivity contribution in [3.63, 3.8) is 0 Å². The van der Waals surface area contributed by atoms with Gasteiger partial charge in [-0.05, 0) is 55.2 Å². The van der Waals surface area contributed by atoms with Crippen molar-refractivity contribution in [2.75, 3.05) is 7.11 Å². The van der Waals surface area contributed by atoms with E-state index in [9.17, 15) is 18.0 Å². The molecule has 0 atom stereocenters. The number of hydrogen-bond donors (Lipinski definition) is 0. The average Bonchev–Trinajstić information content (AvgIpc) is 3.72. The van der Waals surface area contributed by atoms with Crippen LogP contribution in [0.4, 0.5) is 13.2 Å². The smallest absolute Gasteiger partial charge is 0.473 e. The van der Waals surface area contributed by atoms with Crippen LogP contribution in [0.15, 0.2) is 59.1 Å². The molecule has 0 saturated heterocycles. The number of rotatable bonds is 7. The third-order valence-corrected chi connectivity index (χ3v) is 7.31. The summed E-state index contributed by atoms with van der Waals surface area (Å²) in [6.07, 6.45) is -2.49. The molecule has 1 fully saturated rings. The van der Waals surface area contributed by atoms with Crippen LogP contribution in [0.3, 0.4) is 0 Å². The first-order valence-corrected chi connectivity index (χ1v) is 13.4. The Balaban J connectivity index is 1.30. The summed E-state index contributed by atoms with van der Waals surface area (Å²) in [5.41, 5.74) is 2.42. The van der Waals surface area contributed by atoms with E-state index in [0.717, 1.165) is 18.4 Å². The van der Waals surface area contributed by atoms with Crippen LogP contribution in [-0.2, 0) is 23.2 Å². The molecule has 1 aliphatic heterocycles. The van der Waals surface area contributed by atoms with Gasteiger partial charge in [0.25, 0.3) is 0 Å². The van der Waals surface area contributed by atoms with Crippen LogP contribution in [0.5, 0.6) is 23.1 Å². The predicted molar refractivity (Wildman–Crippen MR) is 144 cm³/mol. The summed E-state index contributed by atoms with van der Waals surface area (Å²) in [5, 5.41) is 4.13. The van der Waals surface area contributed by atoms with Crippen molar-refractivity contribution in [1.29, 1.82) is 0 Å². The quantitative estimate of drug-likeness (QED) is 0.208. The Morgan fingerprint density at radius 1 is 1.07 bits per heavy atom. The molecule has 0 N–H and O–H groups in total. The van der Waals surface area contributed by atoms with E-state index in [0.29, 0.717) is 46.4 Å². The summed E-state index contributed by atoms with van der Waals surface area (Å²) in [6.45, 7) is 4.05. The number of nitrogens with zero attached hydrogens (tertiary/aromatic N) is 2. The summed E-state index contributed by atoms with van der Waals surface area (Å²) in [4.78, 5) is 16.8. The normalized spacial score (nSPS) is 15.6. The number of para-hydroxylation sites is 1. The zero-order chi connectivity index (χ0) is 29.6. The number of esters is 1. The number of ether oxygens (including phenoxy) is 4. The Morgan fingerprint density at radius 3 is 2.60 bits per heavy atom. The van der Waals surface area contributed by atoms with Gasteiger partial charge in [0.05, 0.1) is 23.9 Å². The van der Waals surface area contributed by atoms with E-state index >= 15 is 0 Å². The van der Waals surface area contributed by atoms with Crippen molar-refractivity contribution in [3.8, 4) is 34.4 Å². The molecule has 218 valence electrons. The molecule has 1 saturated carbocycles. The fourth-order valence-corrected chi connectivity index (χ4v) is 5.16. The highest BCUT2D eigenvalue weighted by atomic mass is 19.4. The first-order chi connectivity index (χ1) is 20.0. The number of carbonyl (C=O) groups excluding carboxylic acids is 1. The molecular weight excluding hydrogens is 553 g/mol. The second kappa shape index (κ2) is 10.4. The third kappa shape index (κ3) is 5.50. The molecule has 2 aromatic heterocycles. The molecular formula is C31H27F3N2O6. The molecule has 1 aliphatic carbocycles. The van der Waals surface area contributed by atoms with Crippen molar-refractivity contribution in [2.45, 2.75) is 57.4 Å². The van der Waals surface area contributed by atoms with Crippen molar-refractivity contribution in [3.05, 3.63) is 82.7 Å². The number of alkyl halides is 3. The lowest BCUT2D eigenvalue weighted by Gasteiger charge is -2.23. The first kappa shape index (κ1) is 27.6. The van der Waals surface area contributed by atoms with Gasteiger partial charge in [-0.2, -0.15) is 0 Å². The highest BCUT2D eigenvalue weighted by Crippen LogP contribution is 2.46. The summed E-state index contributed by atoms with van der Waals surface area (Å²) < 4.78 is 66.4. The number of hydrogen-bond acceptors (Lipinski definition) is 8. The van der Waals surface area contributed by atoms with Crippen LogP contribution in [-0.4, -0.2) is 29.6 Å². The van der Waals surface area contributed by atoms with Crippen LogP contribution in [0.25, 0.3) is 11.3 Å². The number of carbonyl (C=O) groups is 1. The van der Waals surface area contributed by atoms with E-state index in [1.165, 1.54) is 25.3 Å². The number of aromatic nitrogens is 2. The van der Waals surface area contributed by atoms with Gasteiger partial charge in [-0.15, -0.1) is 13.2 Å². The summed E-state index contributed by atoms with van der Waals surface area (Å²) >= 11 is 0. The molecule has 3 heterocycles. The number of halogens is 3. The number of benzene rings is 2. The van der Waals surface area contributed by atoms with Crippen LogP contribution in [0.1, 0.15) is 65.5 Å². The highest BCUT2D eigenvalue weighted by Gasteiger charge is 2.36. The Kier molecular flexibility index (Phi) is 6.83. The minimum atomic E-state index is -4.86. The lowest BCUT2D eigenvalue weighted by Crippen LogP contribution is -2.21. The lowest BCUT2D eigenvalue weighted by molar-refractivity contribution is -0.274. The lowest BCUT2D eigenvalue weighted by atomic mass is 9.82. The molecule has 2 aliphatic rings. The second-order valence-corrected chi connectivity index (χ2v) is 11.0. The number of pyridine rings is 1. The monoisotopic (exact) mass is 580 g/mol. The van der Waals surface area contributed by atoms with E-state index < -0.39 is 17.7 Å². The zero-order valence-electron chi connectivity index (χ0n) is 23.1. The third-order valence-electron chi connectivity index (χ3n) is 7.31. The van der Waals surface area contributed by atoms with Crippen molar-refractivity contribution >= 4 is 5.97 Å². The minimum absolute atomic E-state index is 0.0270. The molecule has 42 heavy (non-hydrogen) atoms. The van der Waals surface area contributed by atoms with Gasteiger partial charge in [0.15, 0.2) is 0 Å². The van der Waals surface area contributed by atoms with Crippen molar-refractivity contribution < 1.29 is 41.4 Å². The van der Waals surface area contributed by atoms with E-state index in [1.54, 1.807) is 30.3 Å². The maximum Gasteiger partial charge on any atom is 0.573 e. The fraction of sp³-hybridized carbons (Fsp3) is 0.323. The van der Waals surface area contributed by atoms with Gasteiger partial charge in [0.1, 0.15) is 35.3 Å². The van der Waals surface area contributed by atoms with Crippen LogP contribution < -0.4 is 14.2 Å². The Labute approximate surface area is 239 Å². The first-order valence-electron chi connectivity index (χ1n) is 13.4. The van der Waals surface area contributed by atoms with Gasteiger partial charge in [-0.1, -0.05) is 37.2 Å². The highest BCUT2D eigenvalue weighted by molar-refractivity contribution is 5.90. The van der Waals surface area contributed by atoms with Crippen molar-refractivity contribution in [1.82, 2.24) is 10.1 Å². The van der Waals surface area contributed by atoms with Crippen molar-refractivity contribution in [2.24, 2.45) is 0 Å². The minimum Gasteiger partial charge on any atom is -0.473 e. The Hall–Kier alpha value is -4.54. The second-order valence-electron chi connectivity index (χ2n) is 11.0. The molecule has 0 radical (unpaired) electrons. The average molecular weight is 581 g/mol. The van der Waals surface area contributed by atoms with Gasteiger partial charge in [-0.25, -0.2) is 9.78 Å². The Bertz CT molecular complexity index is 1660. The molecule has 0 unspecified atom stereocenters. The maximum absolute atomic E-state index is 13.1. The SMILES string of the molecule is COC(=O)c1ccc2c(c1)Oc1ccc(OCc3c(-c4ccccc4OC(F)(F)F)noc3C3CC3)nc1C(C)(C)C2. The van der Waals surface area contributed by atoms with Crippen LogP contribution in [0.2, 0.25) is 0 Å². The Morgan fingerprint density at radius 2 is 1.86 bits per heavy atom. The van der Waals surface area contributed by atoms with Gasteiger partial charge in [0, 0.05) is 23.0 Å². The predicted octanol–water partition coefficient (Wildman–Crippen LogP) is 7.50. The van der Waals surface area contributed by atoms with E-state index in [4.69, 9.17) is 23.7 Å². The molecule has 0 spiro atoms. The fourth-order valence-electron chi connectivity index (χ4n) is 5.16. The molecule has 11 heteroatoms. The van der Waals surface area contributed by atoms with E-state index in [2.05, 4.69) is 9.89 Å². The van der Waals surface area contributed by atoms with Gasteiger partial charge >= 0.3 is 12.3 Å². The molecule has 4 aromatic rings. The molecule has 8 nitrogen and oxygen atoms in total. The van der Waals surface area contributed by atoms with Crippen LogP contribution in [0, 0.1) is 0 Å². The molecule has 0 bridgehead atoms. The van der Waals surface area contributed by atoms with Gasteiger partial charge in [0.2, 0.25) is 5.88 Å². The molecule has 6 rings (SSSR count). The van der Waals surface area contributed by atoms with Gasteiger partial charge < -0.3 is 23.5 Å². The zero-order valence-corrected chi connectivity index (χ0v) is 23.1. The molecule has 2 aromatic carbocycles. The topological polar surface area (TPSA) is 92.9 Å². The summed E-state index contributed by atoms with van der Waals surface area (Å²) in [6, 6.07) is 14.4. The summed E-state index contributed by atoms with van der Waals surface area (Å²) in [5.74, 6) is 1.25. The number of fused-ring (bicyclic) bond motifs is 2. The number of methoxy groups -OCH3 is 1. The van der Waals surface area contributed by atoms with Crippen LogP contribution >= 0.6 is 0 Å². The molecule has 0 amide bonds. The van der Waals surface area contributed by atoms with E-state index in [1.807, 2.05) is 19.9 Å².